The Labute approximate surface area is 174 Å². The van der Waals surface area contributed by atoms with Crippen LogP contribution in [-0.4, -0.2) is 46.8 Å². The molecule has 29 heavy (non-hydrogen) atoms. The molecule has 8 nitrogen and oxygen atoms in total. The minimum Gasteiger partial charge on any atom is -0.495 e. The Morgan fingerprint density at radius 3 is 2.41 bits per heavy atom. The van der Waals surface area contributed by atoms with Crippen LogP contribution in [0, 0.1) is 0 Å². The standard InChI is InChI=1S/C19H21ClN2O6S/c1-12(18(23)21-15-7-5-6-13(10-15)19(24)28-3)22(29(4,25)26)16-11-14(20)8-9-17(16)27-2/h5-12H,1-4H3,(H,21,23)/t12-/m0/s1. The number of halogens is 1. The Morgan fingerprint density at radius 2 is 1.83 bits per heavy atom. The summed E-state index contributed by atoms with van der Waals surface area (Å²) in [4.78, 5) is 24.5. The molecule has 0 aliphatic heterocycles. The number of hydrogen-bond acceptors (Lipinski definition) is 6. The molecule has 0 saturated carbocycles. The molecule has 0 radical (unpaired) electrons. The van der Waals surface area contributed by atoms with E-state index in [2.05, 4.69) is 10.1 Å². The predicted octanol–water partition coefficient (Wildman–Crippen LogP) is 2.93. The van der Waals surface area contributed by atoms with Crippen molar-refractivity contribution in [3.63, 3.8) is 0 Å². The minimum atomic E-state index is -3.87. The van der Waals surface area contributed by atoms with Crippen LogP contribution in [0.4, 0.5) is 11.4 Å². The second-order valence-corrected chi connectivity index (χ2v) is 8.41. The molecule has 2 aromatic rings. The average Bonchev–Trinajstić information content (AvgIpc) is 2.66. The summed E-state index contributed by atoms with van der Waals surface area (Å²) in [6.45, 7) is 1.43. The molecule has 0 saturated heterocycles. The number of carbonyl (C=O) groups excluding carboxylic acids is 2. The zero-order chi connectivity index (χ0) is 21.8. The van der Waals surface area contributed by atoms with Gasteiger partial charge in [0, 0.05) is 10.7 Å². The predicted molar refractivity (Wildman–Crippen MR) is 111 cm³/mol. The van der Waals surface area contributed by atoms with Gasteiger partial charge in [0.15, 0.2) is 0 Å². The van der Waals surface area contributed by atoms with Crippen molar-refractivity contribution in [3.05, 3.63) is 53.1 Å². The van der Waals surface area contributed by atoms with Gasteiger partial charge in [0.05, 0.1) is 31.7 Å². The Bertz CT molecular complexity index is 1030. The fourth-order valence-corrected chi connectivity index (χ4v) is 4.04. The zero-order valence-corrected chi connectivity index (χ0v) is 17.9. The lowest BCUT2D eigenvalue weighted by Crippen LogP contribution is -2.45. The number of hydrogen-bond donors (Lipinski definition) is 1. The maximum absolute atomic E-state index is 12.8. The van der Waals surface area contributed by atoms with Crippen LogP contribution in [0.15, 0.2) is 42.5 Å². The average molecular weight is 441 g/mol. The van der Waals surface area contributed by atoms with Crippen molar-refractivity contribution in [2.45, 2.75) is 13.0 Å². The van der Waals surface area contributed by atoms with E-state index in [1.807, 2.05) is 0 Å². The Kier molecular flexibility index (Phi) is 7.10. The third-order valence-electron chi connectivity index (χ3n) is 4.02. The number of esters is 1. The second kappa shape index (κ2) is 9.15. The zero-order valence-electron chi connectivity index (χ0n) is 16.3. The van der Waals surface area contributed by atoms with Gasteiger partial charge in [-0.1, -0.05) is 17.7 Å². The first-order chi connectivity index (χ1) is 13.6. The molecular weight excluding hydrogens is 420 g/mol. The molecule has 0 spiro atoms. The summed E-state index contributed by atoms with van der Waals surface area (Å²) in [6.07, 6.45) is 0.981. The fraction of sp³-hybridized carbons (Fsp3) is 0.263. The van der Waals surface area contributed by atoms with Crippen molar-refractivity contribution in [1.82, 2.24) is 0 Å². The minimum absolute atomic E-state index is 0.133. The highest BCUT2D eigenvalue weighted by Gasteiger charge is 2.31. The van der Waals surface area contributed by atoms with Gasteiger partial charge in [-0.2, -0.15) is 0 Å². The molecule has 0 aromatic heterocycles. The molecule has 2 rings (SSSR count). The van der Waals surface area contributed by atoms with Crippen molar-refractivity contribution < 1.29 is 27.5 Å². The van der Waals surface area contributed by atoms with E-state index in [1.165, 1.54) is 45.4 Å². The molecule has 0 bridgehead atoms. The number of sulfonamides is 1. The van der Waals surface area contributed by atoms with E-state index < -0.39 is 27.9 Å². The molecule has 0 aliphatic rings. The largest absolute Gasteiger partial charge is 0.495 e. The molecule has 0 unspecified atom stereocenters. The van der Waals surface area contributed by atoms with E-state index in [0.29, 0.717) is 5.69 Å². The summed E-state index contributed by atoms with van der Waals surface area (Å²) in [5.74, 6) is -0.929. The number of carbonyl (C=O) groups is 2. The summed E-state index contributed by atoms with van der Waals surface area (Å²) < 4.78 is 35.8. The number of anilines is 2. The number of ether oxygens (including phenoxy) is 2. The van der Waals surface area contributed by atoms with Gasteiger partial charge in [0.1, 0.15) is 11.8 Å². The maximum Gasteiger partial charge on any atom is 0.337 e. The molecule has 2 aromatic carbocycles. The van der Waals surface area contributed by atoms with Crippen LogP contribution in [0.5, 0.6) is 5.75 Å². The lowest BCUT2D eigenvalue weighted by atomic mass is 10.2. The Balaban J connectivity index is 2.38. The number of benzene rings is 2. The topological polar surface area (TPSA) is 102 Å². The molecule has 1 amide bonds. The number of nitrogens with one attached hydrogen (secondary N) is 1. The van der Waals surface area contributed by atoms with Gasteiger partial charge < -0.3 is 14.8 Å². The maximum atomic E-state index is 12.8. The molecule has 0 aliphatic carbocycles. The Morgan fingerprint density at radius 1 is 1.14 bits per heavy atom. The number of nitrogens with zero attached hydrogens (tertiary/aromatic N) is 1. The highest BCUT2D eigenvalue weighted by Crippen LogP contribution is 2.34. The van der Waals surface area contributed by atoms with Crippen molar-refractivity contribution in [1.29, 1.82) is 0 Å². The monoisotopic (exact) mass is 440 g/mol. The highest BCUT2D eigenvalue weighted by atomic mass is 35.5. The van der Waals surface area contributed by atoms with Crippen molar-refractivity contribution >= 4 is 44.9 Å². The summed E-state index contributed by atoms with van der Waals surface area (Å²) in [5, 5.41) is 2.89. The van der Waals surface area contributed by atoms with Gasteiger partial charge in [-0.25, -0.2) is 13.2 Å². The number of amides is 1. The SMILES string of the molecule is COC(=O)c1cccc(NC(=O)[C@H](C)N(c2cc(Cl)ccc2OC)S(C)(=O)=O)c1. The third-order valence-corrected chi connectivity index (χ3v) is 5.48. The molecule has 0 fully saturated rings. The van der Waals surface area contributed by atoms with E-state index in [-0.39, 0.29) is 22.0 Å². The van der Waals surface area contributed by atoms with Crippen LogP contribution in [0.1, 0.15) is 17.3 Å². The van der Waals surface area contributed by atoms with Crippen LogP contribution in [0.25, 0.3) is 0 Å². The van der Waals surface area contributed by atoms with Crippen LogP contribution in [0.2, 0.25) is 5.02 Å². The molecular formula is C19H21ClN2O6S. The summed E-state index contributed by atoms with van der Waals surface area (Å²) in [7, 11) is -1.24. The molecule has 156 valence electrons. The summed E-state index contributed by atoms with van der Waals surface area (Å²) in [6, 6.07) is 9.43. The van der Waals surface area contributed by atoms with Crippen molar-refractivity contribution in [2.24, 2.45) is 0 Å². The first kappa shape index (κ1) is 22.5. The normalized spacial score (nSPS) is 12.0. The fourth-order valence-electron chi connectivity index (χ4n) is 2.70. The lowest BCUT2D eigenvalue weighted by molar-refractivity contribution is -0.116. The second-order valence-electron chi connectivity index (χ2n) is 6.11. The van der Waals surface area contributed by atoms with Crippen LogP contribution >= 0.6 is 11.6 Å². The summed E-state index contributed by atoms with van der Waals surface area (Å²) >= 11 is 6.02. The van der Waals surface area contributed by atoms with Crippen molar-refractivity contribution in [3.8, 4) is 5.75 Å². The van der Waals surface area contributed by atoms with Gasteiger partial charge in [-0.15, -0.1) is 0 Å². The van der Waals surface area contributed by atoms with Gasteiger partial charge in [0.2, 0.25) is 15.9 Å². The number of rotatable bonds is 7. The van der Waals surface area contributed by atoms with Gasteiger partial charge in [0.25, 0.3) is 0 Å². The molecule has 1 N–H and O–H groups in total. The third kappa shape index (κ3) is 5.39. The lowest BCUT2D eigenvalue weighted by Gasteiger charge is -2.29. The van der Waals surface area contributed by atoms with Gasteiger partial charge in [-0.3, -0.25) is 9.10 Å². The van der Waals surface area contributed by atoms with Crippen LogP contribution < -0.4 is 14.4 Å². The Hall–Kier alpha value is -2.78. The van der Waals surface area contributed by atoms with Gasteiger partial charge in [-0.05, 0) is 43.3 Å². The molecule has 0 heterocycles. The molecule has 1 atom stereocenters. The quantitative estimate of drug-likeness (QED) is 0.664. The van der Waals surface area contributed by atoms with Crippen LogP contribution in [-0.2, 0) is 19.6 Å². The highest BCUT2D eigenvalue weighted by molar-refractivity contribution is 7.92. The number of methoxy groups -OCH3 is 2. The van der Waals surface area contributed by atoms with Gasteiger partial charge >= 0.3 is 5.97 Å². The molecule has 10 heteroatoms. The van der Waals surface area contributed by atoms with Crippen molar-refractivity contribution in [2.75, 3.05) is 30.1 Å². The first-order valence-electron chi connectivity index (χ1n) is 8.40. The van der Waals surface area contributed by atoms with E-state index in [1.54, 1.807) is 18.2 Å². The summed E-state index contributed by atoms with van der Waals surface area (Å²) in [5.41, 5.74) is 0.694. The van der Waals surface area contributed by atoms with E-state index >= 15 is 0 Å². The van der Waals surface area contributed by atoms with Crippen LogP contribution in [0.3, 0.4) is 0 Å². The smallest absolute Gasteiger partial charge is 0.337 e. The first-order valence-corrected chi connectivity index (χ1v) is 10.6. The van der Waals surface area contributed by atoms with E-state index in [4.69, 9.17) is 16.3 Å². The van der Waals surface area contributed by atoms with E-state index in [0.717, 1.165) is 10.6 Å². The van der Waals surface area contributed by atoms with E-state index in [9.17, 15) is 18.0 Å².